The standard InChI is InChI=1S/C22H28FN3O2/c1-25-13-15-26(16-14-25)19-10-8-18(9-11-19)5-4-12-24-22(27)17-28-21-7-3-2-6-20(21)23/h2-3,6-11H,4-5,12-17H2,1H3,(H,24,27). The van der Waals surface area contributed by atoms with Crippen LogP contribution in [0, 0.1) is 5.82 Å². The molecule has 1 N–H and O–H groups in total. The van der Waals surface area contributed by atoms with Crippen LogP contribution in [0.3, 0.4) is 0 Å². The Labute approximate surface area is 166 Å². The number of rotatable bonds is 8. The summed E-state index contributed by atoms with van der Waals surface area (Å²) in [6, 6.07) is 14.8. The summed E-state index contributed by atoms with van der Waals surface area (Å²) >= 11 is 0. The summed E-state index contributed by atoms with van der Waals surface area (Å²) in [5.41, 5.74) is 2.53. The maximum atomic E-state index is 13.4. The number of nitrogens with zero attached hydrogens (tertiary/aromatic N) is 2. The molecule has 5 nitrogen and oxygen atoms in total. The summed E-state index contributed by atoms with van der Waals surface area (Å²) in [6.07, 6.45) is 1.75. The summed E-state index contributed by atoms with van der Waals surface area (Å²) < 4.78 is 18.6. The van der Waals surface area contributed by atoms with Crippen LogP contribution in [-0.2, 0) is 11.2 Å². The SMILES string of the molecule is CN1CCN(c2ccc(CCCNC(=O)COc3ccccc3F)cc2)CC1. The van der Waals surface area contributed by atoms with Crippen molar-refractivity contribution in [3.63, 3.8) is 0 Å². The predicted molar refractivity (Wildman–Crippen MR) is 109 cm³/mol. The molecule has 3 rings (SSSR count). The van der Waals surface area contributed by atoms with Gasteiger partial charge in [0, 0.05) is 38.4 Å². The molecular weight excluding hydrogens is 357 g/mol. The number of hydrogen-bond donors (Lipinski definition) is 1. The van der Waals surface area contributed by atoms with Gasteiger partial charge in [-0.05, 0) is 49.7 Å². The van der Waals surface area contributed by atoms with Gasteiger partial charge in [0.15, 0.2) is 18.2 Å². The van der Waals surface area contributed by atoms with Crippen LogP contribution in [0.4, 0.5) is 10.1 Å². The maximum absolute atomic E-state index is 13.4. The van der Waals surface area contributed by atoms with E-state index in [9.17, 15) is 9.18 Å². The normalized spacial score (nSPS) is 14.7. The lowest BCUT2D eigenvalue weighted by molar-refractivity contribution is -0.123. The Hall–Kier alpha value is -2.60. The predicted octanol–water partition coefficient (Wildman–Crippen LogP) is 2.71. The minimum Gasteiger partial charge on any atom is -0.481 e. The smallest absolute Gasteiger partial charge is 0.257 e. The van der Waals surface area contributed by atoms with E-state index in [2.05, 4.69) is 46.4 Å². The Morgan fingerprint density at radius 3 is 2.50 bits per heavy atom. The summed E-state index contributed by atoms with van der Waals surface area (Å²) in [4.78, 5) is 16.6. The Bertz CT molecular complexity index is 759. The molecule has 0 bridgehead atoms. The van der Waals surface area contributed by atoms with E-state index in [-0.39, 0.29) is 18.3 Å². The van der Waals surface area contributed by atoms with Crippen LogP contribution in [0.1, 0.15) is 12.0 Å². The van der Waals surface area contributed by atoms with Crippen molar-refractivity contribution in [2.75, 3.05) is 51.3 Å². The Morgan fingerprint density at radius 1 is 1.07 bits per heavy atom. The molecule has 6 heteroatoms. The van der Waals surface area contributed by atoms with E-state index in [0.717, 1.165) is 39.0 Å². The van der Waals surface area contributed by atoms with E-state index in [1.165, 1.54) is 23.4 Å². The Morgan fingerprint density at radius 2 is 1.79 bits per heavy atom. The van der Waals surface area contributed by atoms with E-state index < -0.39 is 5.82 Å². The first-order valence-electron chi connectivity index (χ1n) is 9.78. The van der Waals surface area contributed by atoms with Crippen LogP contribution >= 0.6 is 0 Å². The molecule has 1 heterocycles. The van der Waals surface area contributed by atoms with Gasteiger partial charge in [-0.2, -0.15) is 0 Å². The third kappa shape index (κ3) is 5.96. The second-order valence-corrected chi connectivity index (χ2v) is 7.13. The van der Waals surface area contributed by atoms with Crippen LogP contribution in [0.5, 0.6) is 5.75 Å². The number of benzene rings is 2. The van der Waals surface area contributed by atoms with Gasteiger partial charge in [-0.25, -0.2) is 4.39 Å². The lowest BCUT2D eigenvalue weighted by Crippen LogP contribution is -2.44. The molecule has 0 radical (unpaired) electrons. The zero-order valence-corrected chi connectivity index (χ0v) is 16.4. The van der Waals surface area contributed by atoms with Crippen molar-refractivity contribution in [1.29, 1.82) is 0 Å². The van der Waals surface area contributed by atoms with Crippen molar-refractivity contribution in [3.05, 3.63) is 59.9 Å². The molecule has 0 spiro atoms. The molecular formula is C22H28FN3O2. The summed E-state index contributed by atoms with van der Waals surface area (Å²) in [5, 5.41) is 2.81. The highest BCUT2D eigenvalue weighted by Crippen LogP contribution is 2.18. The van der Waals surface area contributed by atoms with Crippen molar-refractivity contribution >= 4 is 11.6 Å². The fraction of sp³-hybridized carbons (Fsp3) is 0.409. The van der Waals surface area contributed by atoms with Gasteiger partial charge in [-0.15, -0.1) is 0 Å². The van der Waals surface area contributed by atoms with Crippen LogP contribution in [0.15, 0.2) is 48.5 Å². The number of likely N-dealkylation sites (N-methyl/N-ethyl adjacent to an activating group) is 1. The Balaban J connectivity index is 1.33. The highest BCUT2D eigenvalue weighted by Gasteiger charge is 2.13. The van der Waals surface area contributed by atoms with Gasteiger partial charge in [-0.1, -0.05) is 24.3 Å². The molecule has 1 amide bonds. The average molecular weight is 385 g/mol. The lowest BCUT2D eigenvalue weighted by Gasteiger charge is -2.34. The number of halogens is 1. The molecule has 150 valence electrons. The summed E-state index contributed by atoms with van der Waals surface area (Å²) in [6.45, 7) is 4.72. The van der Waals surface area contributed by atoms with Crippen molar-refractivity contribution in [1.82, 2.24) is 10.2 Å². The van der Waals surface area contributed by atoms with E-state index in [1.54, 1.807) is 12.1 Å². The average Bonchev–Trinajstić information content (AvgIpc) is 2.72. The van der Waals surface area contributed by atoms with Crippen molar-refractivity contribution in [3.8, 4) is 5.75 Å². The molecule has 1 saturated heterocycles. The van der Waals surface area contributed by atoms with Gasteiger partial charge < -0.3 is 19.9 Å². The number of carbonyl (C=O) groups excluding carboxylic acids is 1. The number of para-hydroxylation sites is 1. The molecule has 1 fully saturated rings. The molecule has 1 aliphatic heterocycles. The largest absolute Gasteiger partial charge is 0.481 e. The van der Waals surface area contributed by atoms with E-state index in [1.807, 2.05) is 0 Å². The first kappa shape index (κ1) is 20.1. The highest BCUT2D eigenvalue weighted by atomic mass is 19.1. The molecule has 2 aromatic rings. The second-order valence-electron chi connectivity index (χ2n) is 7.13. The highest BCUT2D eigenvalue weighted by molar-refractivity contribution is 5.77. The number of ether oxygens (including phenoxy) is 1. The monoisotopic (exact) mass is 385 g/mol. The van der Waals surface area contributed by atoms with E-state index >= 15 is 0 Å². The minimum atomic E-state index is -0.463. The Kier molecular flexibility index (Phi) is 7.25. The first-order valence-corrected chi connectivity index (χ1v) is 9.78. The van der Waals surface area contributed by atoms with E-state index in [4.69, 9.17) is 4.74 Å². The molecule has 1 aliphatic rings. The van der Waals surface area contributed by atoms with Crippen molar-refractivity contribution < 1.29 is 13.9 Å². The van der Waals surface area contributed by atoms with Crippen molar-refractivity contribution in [2.24, 2.45) is 0 Å². The van der Waals surface area contributed by atoms with Gasteiger partial charge in [0.1, 0.15) is 0 Å². The number of anilines is 1. The fourth-order valence-electron chi connectivity index (χ4n) is 3.21. The summed E-state index contributed by atoms with van der Waals surface area (Å²) in [5.74, 6) is -0.609. The lowest BCUT2D eigenvalue weighted by atomic mass is 10.1. The number of carbonyl (C=O) groups is 1. The van der Waals surface area contributed by atoms with Gasteiger partial charge >= 0.3 is 0 Å². The zero-order valence-electron chi connectivity index (χ0n) is 16.4. The number of aryl methyl sites for hydroxylation is 1. The molecule has 0 aromatic heterocycles. The third-order valence-electron chi connectivity index (χ3n) is 4.96. The molecule has 2 aromatic carbocycles. The van der Waals surface area contributed by atoms with Gasteiger partial charge in [0.05, 0.1) is 0 Å². The van der Waals surface area contributed by atoms with Crippen LogP contribution in [-0.4, -0.2) is 57.2 Å². The maximum Gasteiger partial charge on any atom is 0.257 e. The van der Waals surface area contributed by atoms with Gasteiger partial charge in [0.25, 0.3) is 5.91 Å². The van der Waals surface area contributed by atoms with E-state index in [0.29, 0.717) is 6.54 Å². The summed E-state index contributed by atoms with van der Waals surface area (Å²) in [7, 11) is 2.16. The first-order chi connectivity index (χ1) is 13.6. The molecule has 0 aliphatic carbocycles. The third-order valence-corrected chi connectivity index (χ3v) is 4.96. The van der Waals surface area contributed by atoms with Crippen LogP contribution in [0.2, 0.25) is 0 Å². The number of nitrogens with one attached hydrogen (secondary N) is 1. The van der Waals surface area contributed by atoms with Gasteiger partial charge in [0.2, 0.25) is 0 Å². The number of amides is 1. The minimum absolute atomic E-state index is 0.0955. The fourth-order valence-corrected chi connectivity index (χ4v) is 3.21. The molecule has 28 heavy (non-hydrogen) atoms. The van der Waals surface area contributed by atoms with Gasteiger partial charge in [-0.3, -0.25) is 4.79 Å². The topological polar surface area (TPSA) is 44.8 Å². The second kappa shape index (κ2) is 10.1. The molecule has 0 saturated carbocycles. The van der Waals surface area contributed by atoms with Crippen LogP contribution < -0.4 is 15.0 Å². The quantitative estimate of drug-likeness (QED) is 0.710. The number of hydrogen-bond acceptors (Lipinski definition) is 4. The molecule has 0 atom stereocenters. The van der Waals surface area contributed by atoms with Crippen LogP contribution in [0.25, 0.3) is 0 Å². The van der Waals surface area contributed by atoms with Crippen molar-refractivity contribution in [2.45, 2.75) is 12.8 Å². The zero-order chi connectivity index (χ0) is 19.8. The molecule has 0 unspecified atom stereocenters. The number of piperazine rings is 1.